The van der Waals surface area contributed by atoms with E-state index in [-0.39, 0.29) is 23.5 Å². The van der Waals surface area contributed by atoms with Gasteiger partial charge < -0.3 is 0 Å². The average Bonchev–Trinajstić information content (AvgIpc) is 2.80. The molecule has 2 heterocycles. The summed E-state index contributed by atoms with van der Waals surface area (Å²) in [5.41, 5.74) is 5.21. The summed E-state index contributed by atoms with van der Waals surface area (Å²) < 4.78 is 1.23. The van der Waals surface area contributed by atoms with Crippen LogP contribution in [-0.2, 0) is 6.54 Å². The fourth-order valence-electron chi connectivity index (χ4n) is 2.92. The number of fused-ring (bicyclic) bond motifs is 1. The molecule has 0 saturated carbocycles. The Kier molecular flexibility index (Phi) is 5.25. The lowest BCUT2D eigenvalue weighted by molar-refractivity contribution is 0.0841. The van der Waals surface area contributed by atoms with Crippen molar-refractivity contribution in [3.63, 3.8) is 0 Å². The molecule has 0 saturated heterocycles. The molecule has 4 rings (SSSR count). The van der Waals surface area contributed by atoms with Gasteiger partial charge in [0.2, 0.25) is 0 Å². The van der Waals surface area contributed by atoms with Crippen LogP contribution in [0.3, 0.4) is 0 Å². The molecule has 2 N–H and O–H groups in total. The topological polar surface area (TPSA) is 119 Å². The molecule has 0 radical (unpaired) electrons. The molecule has 0 atom stereocenters. The highest BCUT2D eigenvalue weighted by molar-refractivity contribution is 6.05. The van der Waals surface area contributed by atoms with Crippen molar-refractivity contribution in [3.8, 4) is 0 Å². The number of hydrazine groups is 1. The zero-order chi connectivity index (χ0) is 20.9. The van der Waals surface area contributed by atoms with E-state index in [2.05, 4.69) is 25.9 Å². The third-order valence-corrected chi connectivity index (χ3v) is 4.34. The van der Waals surface area contributed by atoms with Crippen LogP contribution in [0, 0.1) is 0 Å². The molecule has 9 heteroatoms. The zero-order valence-electron chi connectivity index (χ0n) is 15.6. The first-order valence-electron chi connectivity index (χ1n) is 9.04. The van der Waals surface area contributed by atoms with Crippen LogP contribution in [-0.4, -0.2) is 31.6 Å². The summed E-state index contributed by atoms with van der Waals surface area (Å²) in [6.07, 6.45) is 4.07. The predicted octanol–water partition coefficient (Wildman–Crippen LogP) is 1.31. The summed E-state index contributed by atoms with van der Waals surface area (Å²) in [5, 5.41) is 5.00. The molecule has 148 valence electrons. The fourth-order valence-corrected chi connectivity index (χ4v) is 2.92. The van der Waals surface area contributed by atoms with Crippen molar-refractivity contribution in [1.29, 1.82) is 0 Å². The van der Waals surface area contributed by atoms with Crippen LogP contribution in [0.4, 0.5) is 0 Å². The minimum Gasteiger partial charge on any atom is -0.267 e. The van der Waals surface area contributed by atoms with E-state index in [9.17, 15) is 14.4 Å². The Labute approximate surface area is 170 Å². The molecule has 0 aliphatic heterocycles. The molecule has 0 fully saturated rings. The van der Waals surface area contributed by atoms with Crippen molar-refractivity contribution in [2.45, 2.75) is 6.54 Å². The van der Waals surface area contributed by atoms with E-state index in [0.717, 1.165) is 5.56 Å². The smallest absolute Gasteiger partial charge is 0.267 e. The highest BCUT2D eigenvalue weighted by atomic mass is 16.2. The maximum atomic E-state index is 12.8. The van der Waals surface area contributed by atoms with E-state index in [4.69, 9.17) is 0 Å². The number of carbonyl (C=O) groups excluding carboxylic acids is 2. The molecule has 0 aliphatic rings. The minimum atomic E-state index is -0.662. The number of nitrogens with one attached hydrogen (secondary N) is 2. The summed E-state index contributed by atoms with van der Waals surface area (Å²) in [6, 6.07) is 16.0. The number of hydrogen-bond donors (Lipinski definition) is 2. The number of carbonyl (C=O) groups is 2. The van der Waals surface area contributed by atoms with Crippen LogP contribution in [0.5, 0.6) is 0 Å². The first kappa shape index (κ1) is 18.9. The van der Waals surface area contributed by atoms with E-state index in [1.165, 1.54) is 23.3 Å². The lowest BCUT2D eigenvalue weighted by Gasteiger charge is -2.12. The standard InChI is InChI=1S/C21H16N6O3/c28-19(17-12-22-10-11-23-17)24-25-20(29)18-15-8-4-5-9-16(15)21(30)27(26-18)13-14-6-2-1-3-7-14/h1-12H,13H2,(H,24,28)(H,25,29). The molecule has 30 heavy (non-hydrogen) atoms. The van der Waals surface area contributed by atoms with Crippen LogP contribution >= 0.6 is 0 Å². The summed E-state index contributed by atoms with van der Waals surface area (Å²) >= 11 is 0. The van der Waals surface area contributed by atoms with Gasteiger partial charge in [0.1, 0.15) is 5.69 Å². The Morgan fingerprint density at radius 1 is 0.867 bits per heavy atom. The van der Waals surface area contributed by atoms with Crippen LogP contribution in [0.1, 0.15) is 26.5 Å². The van der Waals surface area contributed by atoms with Crippen molar-refractivity contribution in [1.82, 2.24) is 30.6 Å². The third-order valence-electron chi connectivity index (χ3n) is 4.34. The van der Waals surface area contributed by atoms with Gasteiger partial charge >= 0.3 is 0 Å². The van der Waals surface area contributed by atoms with Crippen LogP contribution in [0.15, 0.2) is 78.0 Å². The van der Waals surface area contributed by atoms with E-state index in [0.29, 0.717) is 10.8 Å². The molecule has 2 aromatic carbocycles. The van der Waals surface area contributed by atoms with Gasteiger partial charge in [-0.25, -0.2) is 9.67 Å². The molecule has 0 unspecified atom stereocenters. The summed E-state index contributed by atoms with van der Waals surface area (Å²) in [4.78, 5) is 45.4. The van der Waals surface area contributed by atoms with E-state index < -0.39 is 11.8 Å². The van der Waals surface area contributed by atoms with Gasteiger partial charge in [-0.05, 0) is 11.6 Å². The normalized spacial score (nSPS) is 10.5. The molecule has 2 aromatic heterocycles. The Hall–Kier alpha value is -4.40. The Bertz CT molecular complexity index is 1270. The fraction of sp³-hybridized carbons (Fsp3) is 0.0476. The van der Waals surface area contributed by atoms with Gasteiger partial charge in [-0.1, -0.05) is 48.5 Å². The van der Waals surface area contributed by atoms with Crippen molar-refractivity contribution in [2.75, 3.05) is 0 Å². The summed E-state index contributed by atoms with van der Waals surface area (Å²) in [5.74, 6) is -1.29. The summed E-state index contributed by atoms with van der Waals surface area (Å²) in [7, 11) is 0. The Morgan fingerprint density at radius 3 is 2.30 bits per heavy atom. The number of nitrogens with zero attached hydrogens (tertiary/aromatic N) is 4. The minimum absolute atomic E-state index is 0.0144. The van der Waals surface area contributed by atoms with E-state index in [1.807, 2.05) is 30.3 Å². The number of benzene rings is 2. The van der Waals surface area contributed by atoms with Crippen molar-refractivity contribution >= 4 is 22.6 Å². The second kappa shape index (κ2) is 8.31. The van der Waals surface area contributed by atoms with Gasteiger partial charge in [0.25, 0.3) is 17.4 Å². The van der Waals surface area contributed by atoms with Gasteiger partial charge in [-0.15, -0.1) is 0 Å². The maximum absolute atomic E-state index is 12.8. The first-order chi connectivity index (χ1) is 14.6. The largest absolute Gasteiger partial charge is 0.290 e. The van der Waals surface area contributed by atoms with Crippen LogP contribution in [0.2, 0.25) is 0 Å². The van der Waals surface area contributed by atoms with Crippen molar-refractivity contribution < 1.29 is 9.59 Å². The van der Waals surface area contributed by atoms with Gasteiger partial charge in [0.15, 0.2) is 5.69 Å². The zero-order valence-corrected chi connectivity index (χ0v) is 15.6. The monoisotopic (exact) mass is 400 g/mol. The van der Waals surface area contributed by atoms with Gasteiger partial charge in [0, 0.05) is 17.8 Å². The molecule has 0 spiro atoms. The molecule has 0 aliphatic carbocycles. The van der Waals surface area contributed by atoms with Crippen LogP contribution in [0.25, 0.3) is 10.8 Å². The van der Waals surface area contributed by atoms with E-state index in [1.54, 1.807) is 24.3 Å². The van der Waals surface area contributed by atoms with Crippen LogP contribution < -0.4 is 16.4 Å². The lowest BCUT2D eigenvalue weighted by atomic mass is 10.1. The molecule has 0 bridgehead atoms. The first-order valence-corrected chi connectivity index (χ1v) is 9.04. The van der Waals surface area contributed by atoms with E-state index >= 15 is 0 Å². The highest BCUT2D eigenvalue weighted by Gasteiger charge is 2.18. The molecule has 9 nitrogen and oxygen atoms in total. The summed E-state index contributed by atoms with van der Waals surface area (Å²) in [6.45, 7) is 0.205. The Morgan fingerprint density at radius 2 is 1.57 bits per heavy atom. The van der Waals surface area contributed by atoms with Gasteiger partial charge in [-0.3, -0.25) is 30.2 Å². The van der Waals surface area contributed by atoms with Crippen molar-refractivity contribution in [3.05, 3.63) is 100 Å². The van der Waals surface area contributed by atoms with Gasteiger partial charge in [-0.2, -0.15) is 5.10 Å². The maximum Gasteiger partial charge on any atom is 0.290 e. The molecule has 2 amide bonds. The quantitative estimate of drug-likeness (QED) is 0.499. The van der Waals surface area contributed by atoms with Gasteiger partial charge in [0.05, 0.1) is 18.1 Å². The third kappa shape index (κ3) is 3.90. The number of rotatable bonds is 4. The SMILES string of the molecule is O=C(NNC(=O)c1nn(Cc2ccccc2)c(=O)c2ccccc12)c1cnccn1. The molecule has 4 aromatic rings. The lowest BCUT2D eigenvalue weighted by Crippen LogP contribution is -2.43. The number of hydrogen-bond acceptors (Lipinski definition) is 6. The Balaban J connectivity index is 1.65. The molecular formula is C21H16N6O3. The second-order valence-corrected chi connectivity index (χ2v) is 6.34. The average molecular weight is 400 g/mol. The van der Waals surface area contributed by atoms with Crippen molar-refractivity contribution in [2.24, 2.45) is 0 Å². The second-order valence-electron chi connectivity index (χ2n) is 6.34. The number of amides is 2. The predicted molar refractivity (Wildman–Crippen MR) is 109 cm³/mol. The highest BCUT2D eigenvalue weighted by Crippen LogP contribution is 2.13. The number of aromatic nitrogens is 4. The molecular weight excluding hydrogens is 384 g/mol.